The molecule has 0 N–H and O–H groups in total. The molecule has 0 saturated heterocycles. The highest BCUT2D eigenvalue weighted by atomic mass is 16.7. The monoisotopic (exact) mass is 336 g/mol. The van der Waals surface area contributed by atoms with Gasteiger partial charge in [0.1, 0.15) is 0 Å². The molecule has 0 bridgehead atoms. The molecule has 3 aromatic rings. The number of para-hydroxylation sites is 1. The van der Waals surface area contributed by atoms with Crippen molar-refractivity contribution in [3.05, 3.63) is 42.0 Å². The zero-order valence-electron chi connectivity index (χ0n) is 13.9. The van der Waals surface area contributed by atoms with Crippen LogP contribution in [0.3, 0.4) is 0 Å². The quantitative estimate of drug-likeness (QED) is 0.541. The van der Waals surface area contributed by atoms with Gasteiger partial charge in [-0.05, 0) is 30.3 Å². The first kappa shape index (κ1) is 15.4. The summed E-state index contributed by atoms with van der Waals surface area (Å²) in [6, 6.07) is 11.6. The number of rotatable bonds is 3. The van der Waals surface area contributed by atoms with Crippen LogP contribution in [0.5, 0.6) is 5.75 Å². The number of aromatic nitrogens is 1. The van der Waals surface area contributed by atoms with E-state index in [9.17, 15) is 9.59 Å². The van der Waals surface area contributed by atoms with Crippen LogP contribution in [0.15, 0.2) is 41.6 Å². The summed E-state index contributed by atoms with van der Waals surface area (Å²) in [5, 5.41) is 5.47. The summed E-state index contributed by atoms with van der Waals surface area (Å²) >= 11 is 0. The van der Waals surface area contributed by atoms with E-state index < -0.39 is 5.97 Å². The second kappa shape index (κ2) is 5.73. The summed E-state index contributed by atoms with van der Waals surface area (Å²) < 4.78 is 7.87. The Bertz CT molecular complexity index is 1060. The summed E-state index contributed by atoms with van der Waals surface area (Å²) in [6.45, 7) is 4.52. The Kier molecular flexibility index (Phi) is 3.53. The molecule has 2 aromatic carbocycles. The highest BCUT2D eigenvalue weighted by Gasteiger charge is 2.33. The number of carbonyl (C=O) groups is 2. The van der Waals surface area contributed by atoms with Crippen molar-refractivity contribution < 1.29 is 19.2 Å². The zero-order valence-corrected chi connectivity index (χ0v) is 13.9. The topological polar surface area (TPSA) is 69.9 Å². The minimum atomic E-state index is -0.521. The average Bonchev–Trinajstić information content (AvgIpc) is 3.14. The van der Waals surface area contributed by atoms with Crippen molar-refractivity contribution in [2.75, 3.05) is 0 Å². The van der Waals surface area contributed by atoms with E-state index in [-0.39, 0.29) is 18.1 Å². The molecule has 4 rings (SSSR count). The Morgan fingerprint density at radius 1 is 1.16 bits per heavy atom. The molecular formula is C19H16N2O4. The van der Waals surface area contributed by atoms with Crippen LogP contribution >= 0.6 is 0 Å². The standard InChI is InChI=1S/C19H16N2O4/c1-3-15(22)25-20-19-17(23)12-9-10-14-16(18(12)24-19)11-7-5-6-8-13(11)21(14)4-2/h5-10H,3-4H2,1-2H3. The van der Waals surface area contributed by atoms with E-state index in [1.165, 1.54) is 0 Å². The second-order valence-corrected chi connectivity index (χ2v) is 5.74. The van der Waals surface area contributed by atoms with Gasteiger partial charge in [-0.2, -0.15) is 0 Å². The molecule has 0 amide bonds. The lowest BCUT2D eigenvalue weighted by atomic mass is 10.1. The number of aryl methyl sites for hydroxylation is 1. The van der Waals surface area contributed by atoms with Crippen molar-refractivity contribution >= 4 is 39.5 Å². The molecule has 6 heteroatoms. The predicted octanol–water partition coefficient (Wildman–Crippen LogP) is 3.66. The van der Waals surface area contributed by atoms with E-state index in [4.69, 9.17) is 9.57 Å². The summed E-state index contributed by atoms with van der Waals surface area (Å²) in [6.07, 6.45) is 0.173. The summed E-state index contributed by atoms with van der Waals surface area (Å²) in [4.78, 5) is 28.5. The van der Waals surface area contributed by atoms with Gasteiger partial charge in [0.05, 0.1) is 16.5 Å². The van der Waals surface area contributed by atoms with Crippen molar-refractivity contribution in [2.24, 2.45) is 5.16 Å². The molecule has 1 aromatic heterocycles. The molecule has 1 aliphatic rings. The number of hydrogen-bond donors (Lipinski definition) is 0. The minimum Gasteiger partial charge on any atom is -0.432 e. The zero-order chi connectivity index (χ0) is 17.6. The number of ketones is 1. The van der Waals surface area contributed by atoms with E-state index >= 15 is 0 Å². The average molecular weight is 336 g/mol. The lowest BCUT2D eigenvalue weighted by molar-refractivity contribution is -0.143. The van der Waals surface area contributed by atoms with E-state index in [0.717, 1.165) is 28.4 Å². The fraction of sp³-hybridized carbons (Fsp3) is 0.211. The fourth-order valence-electron chi connectivity index (χ4n) is 3.21. The molecule has 6 nitrogen and oxygen atoms in total. The maximum Gasteiger partial charge on any atom is 0.334 e. The number of fused-ring (bicyclic) bond motifs is 5. The van der Waals surface area contributed by atoms with Crippen molar-refractivity contribution in [2.45, 2.75) is 26.8 Å². The molecule has 126 valence electrons. The number of nitrogens with zero attached hydrogens (tertiary/aromatic N) is 2. The SMILES string of the molecule is CCC(=O)ON=C1Oc2c(ccc3c2c2ccccc2n3CC)C1=O. The van der Waals surface area contributed by atoms with Crippen LogP contribution in [0.4, 0.5) is 0 Å². The lowest BCUT2D eigenvalue weighted by Gasteiger charge is -2.03. The summed E-state index contributed by atoms with van der Waals surface area (Å²) in [5.41, 5.74) is 2.49. The Labute approximate surface area is 143 Å². The third-order valence-electron chi connectivity index (χ3n) is 4.36. The molecule has 2 heterocycles. The van der Waals surface area contributed by atoms with Crippen LogP contribution < -0.4 is 4.74 Å². The Balaban J connectivity index is 1.92. The van der Waals surface area contributed by atoms with Crippen LogP contribution in [-0.2, 0) is 16.2 Å². The van der Waals surface area contributed by atoms with Gasteiger partial charge in [0, 0.05) is 23.9 Å². The molecule has 0 radical (unpaired) electrons. The maximum atomic E-state index is 12.5. The highest BCUT2D eigenvalue weighted by molar-refractivity contribution is 6.47. The molecular weight excluding hydrogens is 320 g/mol. The van der Waals surface area contributed by atoms with Crippen molar-refractivity contribution in [1.29, 1.82) is 0 Å². The Hall–Kier alpha value is -3.15. The molecule has 0 aliphatic carbocycles. The van der Waals surface area contributed by atoms with Gasteiger partial charge < -0.3 is 14.1 Å². The summed E-state index contributed by atoms with van der Waals surface area (Å²) in [7, 11) is 0. The van der Waals surface area contributed by atoms with Crippen LogP contribution in [0.2, 0.25) is 0 Å². The van der Waals surface area contributed by atoms with Gasteiger partial charge >= 0.3 is 11.9 Å². The molecule has 25 heavy (non-hydrogen) atoms. The maximum absolute atomic E-state index is 12.5. The van der Waals surface area contributed by atoms with Crippen LogP contribution in [0, 0.1) is 0 Å². The number of Topliss-reactive ketones (excluding diaryl/α,β-unsaturated/α-hetero) is 1. The third-order valence-corrected chi connectivity index (χ3v) is 4.36. The number of carbonyl (C=O) groups excluding carboxylic acids is 2. The number of oxime groups is 1. The number of ether oxygens (including phenoxy) is 1. The van der Waals surface area contributed by atoms with Gasteiger partial charge in [0.2, 0.25) is 0 Å². The van der Waals surface area contributed by atoms with Gasteiger partial charge in [0.25, 0.3) is 5.78 Å². The summed E-state index contributed by atoms with van der Waals surface area (Å²) in [5.74, 6) is -0.642. The van der Waals surface area contributed by atoms with Gasteiger partial charge in [-0.15, -0.1) is 0 Å². The number of hydrogen-bond acceptors (Lipinski definition) is 5. The second-order valence-electron chi connectivity index (χ2n) is 5.74. The van der Waals surface area contributed by atoms with Crippen molar-refractivity contribution in [3.8, 4) is 5.75 Å². The Morgan fingerprint density at radius 2 is 1.96 bits per heavy atom. The van der Waals surface area contributed by atoms with Crippen LogP contribution in [0.25, 0.3) is 21.8 Å². The molecule has 0 unspecified atom stereocenters. The molecule has 0 fully saturated rings. The van der Waals surface area contributed by atoms with Gasteiger partial charge in [0.15, 0.2) is 5.75 Å². The highest BCUT2D eigenvalue weighted by Crippen LogP contribution is 2.40. The van der Waals surface area contributed by atoms with Gasteiger partial charge in [-0.25, -0.2) is 4.79 Å². The molecule has 0 saturated carbocycles. The van der Waals surface area contributed by atoms with Gasteiger partial charge in [-0.3, -0.25) is 4.79 Å². The van der Waals surface area contributed by atoms with Crippen LogP contribution in [0.1, 0.15) is 30.6 Å². The first-order chi connectivity index (χ1) is 12.2. The van der Waals surface area contributed by atoms with Crippen molar-refractivity contribution in [3.63, 3.8) is 0 Å². The largest absolute Gasteiger partial charge is 0.432 e. The van der Waals surface area contributed by atoms with Gasteiger partial charge in [-0.1, -0.05) is 25.1 Å². The fourth-order valence-corrected chi connectivity index (χ4v) is 3.21. The number of benzene rings is 2. The van der Waals surface area contributed by atoms with Crippen molar-refractivity contribution in [1.82, 2.24) is 4.57 Å². The van der Waals surface area contributed by atoms with E-state index in [0.29, 0.717) is 11.3 Å². The molecule has 0 spiro atoms. The smallest absolute Gasteiger partial charge is 0.334 e. The molecule has 0 atom stereocenters. The van der Waals surface area contributed by atoms with Crippen LogP contribution in [-0.4, -0.2) is 22.2 Å². The molecule has 1 aliphatic heterocycles. The Morgan fingerprint density at radius 3 is 2.72 bits per heavy atom. The predicted molar refractivity (Wildman–Crippen MR) is 93.9 cm³/mol. The first-order valence-electron chi connectivity index (χ1n) is 8.20. The normalized spacial score (nSPS) is 15.0. The lowest BCUT2D eigenvalue weighted by Crippen LogP contribution is -2.14. The minimum absolute atomic E-state index is 0.173. The van der Waals surface area contributed by atoms with E-state index in [1.54, 1.807) is 13.0 Å². The van der Waals surface area contributed by atoms with E-state index in [1.807, 2.05) is 30.3 Å². The van der Waals surface area contributed by atoms with E-state index in [2.05, 4.69) is 16.6 Å². The first-order valence-corrected chi connectivity index (χ1v) is 8.20. The third kappa shape index (κ3) is 2.21.